The number of aromatic nitrogens is 2. The highest BCUT2D eigenvalue weighted by Gasteiger charge is 2.21. The van der Waals surface area contributed by atoms with Crippen molar-refractivity contribution in [3.05, 3.63) is 15.9 Å². The van der Waals surface area contributed by atoms with Gasteiger partial charge in [-0.1, -0.05) is 0 Å². The second-order valence-corrected chi connectivity index (χ2v) is 4.42. The van der Waals surface area contributed by atoms with Crippen molar-refractivity contribution in [1.29, 1.82) is 0 Å². The molecule has 1 aromatic rings. The van der Waals surface area contributed by atoms with Crippen LogP contribution in [0.1, 0.15) is 24.2 Å². The Kier molecular flexibility index (Phi) is 2.43. The molecule has 2 rings (SSSR count). The molecule has 1 aliphatic carbocycles. The molecule has 72 valence electrons. The summed E-state index contributed by atoms with van der Waals surface area (Å²) in [7, 11) is 1.99. The molecule has 1 fully saturated rings. The van der Waals surface area contributed by atoms with Crippen LogP contribution in [0, 0.1) is 6.92 Å². The van der Waals surface area contributed by atoms with E-state index in [-0.39, 0.29) is 0 Å². The van der Waals surface area contributed by atoms with Gasteiger partial charge in [0, 0.05) is 19.6 Å². The molecule has 0 aromatic carbocycles. The summed E-state index contributed by atoms with van der Waals surface area (Å²) in [6, 6.07) is 0.752. The maximum absolute atomic E-state index is 4.34. The maximum atomic E-state index is 4.34. The van der Waals surface area contributed by atoms with Gasteiger partial charge in [0.2, 0.25) is 0 Å². The summed E-state index contributed by atoms with van der Waals surface area (Å²) in [5.74, 6) is 0. The summed E-state index contributed by atoms with van der Waals surface area (Å²) in [6.45, 7) is 2.94. The Bertz CT molecular complexity index is 315. The molecule has 0 bridgehead atoms. The molecule has 1 aromatic heterocycles. The molecule has 0 spiro atoms. The average molecular weight is 244 g/mol. The fourth-order valence-electron chi connectivity index (χ4n) is 1.40. The van der Waals surface area contributed by atoms with Gasteiger partial charge in [-0.3, -0.25) is 4.68 Å². The quantitative estimate of drug-likeness (QED) is 0.877. The summed E-state index contributed by atoms with van der Waals surface area (Å²) in [6.07, 6.45) is 2.66. The van der Waals surface area contributed by atoms with Gasteiger partial charge in [0.15, 0.2) is 0 Å². The predicted octanol–water partition coefficient (Wildman–Crippen LogP) is 1.74. The van der Waals surface area contributed by atoms with Crippen molar-refractivity contribution < 1.29 is 0 Å². The van der Waals surface area contributed by atoms with Crippen molar-refractivity contribution in [2.75, 3.05) is 0 Å². The lowest BCUT2D eigenvalue weighted by Gasteiger charge is -2.03. The van der Waals surface area contributed by atoms with E-state index in [0.29, 0.717) is 0 Å². The van der Waals surface area contributed by atoms with Crippen LogP contribution in [0.5, 0.6) is 0 Å². The Morgan fingerprint density at radius 2 is 2.31 bits per heavy atom. The molecule has 0 unspecified atom stereocenters. The number of aryl methyl sites for hydroxylation is 2. The average Bonchev–Trinajstić information content (AvgIpc) is 2.84. The van der Waals surface area contributed by atoms with E-state index in [0.717, 1.165) is 22.8 Å². The highest BCUT2D eigenvalue weighted by atomic mass is 79.9. The topological polar surface area (TPSA) is 29.9 Å². The number of hydrogen-bond acceptors (Lipinski definition) is 2. The number of nitrogens with zero attached hydrogens (tertiary/aromatic N) is 2. The van der Waals surface area contributed by atoms with E-state index in [1.54, 1.807) is 0 Å². The van der Waals surface area contributed by atoms with E-state index < -0.39 is 0 Å². The van der Waals surface area contributed by atoms with Crippen LogP contribution in [0.2, 0.25) is 0 Å². The van der Waals surface area contributed by atoms with Crippen molar-refractivity contribution in [3.8, 4) is 0 Å². The summed E-state index contributed by atoms with van der Waals surface area (Å²) in [5.41, 5.74) is 2.31. The van der Waals surface area contributed by atoms with Crippen LogP contribution in [-0.4, -0.2) is 15.8 Å². The highest BCUT2D eigenvalue weighted by molar-refractivity contribution is 9.10. The van der Waals surface area contributed by atoms with E-state index in [9.17, 15) is 0 Å². The van der Waals surface area contributed by atoms with Crippen LogP contribution < -0.4 is 5.32 Å². The lowest BCUT2D eigenvalue weighted by Crippen LogP contribution is -2.17. The molecule has 3 nitrogen and oxygen atoms in total. The van der Waals surface area contributed by atoms with Crippen molar-refractivity contribution in [2.45, 2.75) is 32.4 Å². The summed E-state index contributed by atoms with van der Waals surface area (Å²) in [5, 5.41) is 7.82. The van der Waals surface area contributed by atoms with E-state index in [1.165, 1.54) is 18.5 Å². The highest BCUT2D eigenvalue weighted by Crippen LogP contribution is 2.23. The fraction of sp³-hybridized carbons (Fsp3) is 0.667. The van der Waals surface area contributed by atoms with Gasteiger partial charge < -0.3 is 5.32 Å². The monoisotopic (exact) mass is 243 g/mol. The first-order chi connectivity index (χ1) is 6.18. The van der Waals surface area contributed by atoms with E-state index in [4.69, 9.17) is 0 Å². The zero-order valence-electron chi connectivity index (χ0n) is 7.97. The molecule has 13 heavy (non-hydrogen) atoms. The molecule has 1 heterocycles. The molecule has 0 aliphatic heterocycles. The zero-order chi connectivity index (χ0) is 9.42. The van der Waals surface area contributed by atoms with Crippen LogP contribution in [0.4, 0.5) is 0 Å². The lowest BCUT2D eigenvalue weighted by molar-refractivity contribution is 0.620. The van der Waals surface area contributed by atoms with Crippen molar-refractivity contribution >= 4 is 15.9 Å². The Balaban J connectivity index is 2.08. The summed E-state index contributed by atoms with van der Waals surface area (Å²) >= 11 is 3.55. The molecule has 0 radical (unpaired) electrons. The van der Waals surface area contributed by atoms with Crippen LogP contribution in [0.15, 0.2) is 4.47 Å². The third kappa shape index (κ3) is 1.94. The van der Waals surface area contributed by atoms with Gasteiger partial charge in [-0.25, -0.2) is 0 Å². The van der Waals surface area contributed by atoms with Gasteiger partial charge in [-0.15, -0.1) is 0 Å². The van der Waals surface area contributed by atoms with Gasteiger partial charge >= 0.3 is 0 Å². The Labute approximate surface area is 86.6 Å². The van der Waals surface area contributed by atoms with Gasteiger partial charge in [-0.05, 0) is 35.7 Å². The second-order valence-electron chi connectivity index (χ2n) is 3.62. The molecule has 0 saturated heterocycles. The molecule has 1 saturated carbocycles. The zero-order valence-corrected chi connectivity index (χ0v) is 9.56. The van der Waals surface area contributed by atoms with E-state index >= 15 is 0 Å². The smallest absolute Gasteiger partial charge is 0.0739 e. The first-order valence-electron chi connectivity index (χ1n) is 4.60. The minimum atomic E-state index is 0.752. The molecule has 0 amide bonds. The Morgan fingerprint density at radius 1 is 1.62 bits per heavy atom. The van der Waals surface area contributed by atoms with E-state index in [1.807, 2.05) is 18.7 Å². The van der Waals surface area contributed by atoms with Gasteiger partial charge in [0.25, 0.3) is 0 Å². The van der Waals surface area contributed by atoms with Crippen LogP contribution >= 0.6 is 15.9 Å². The van der Waals surface area contributed by atoms with Crippen LogP contribution in [0.25, 0.3) is 0 Å². The summed E-state index contributed by atoms with van der Waals surface area (Å²) in [4.78, 5) is 0. The Morgan fingerprint density at radius 3 is 2.77 bits per heavy atom. The largest absolute Gasteiger partial charge is 0.308 e. The van der Waals surface area contributed by atoms with Crippen LogP contribution in [0.3, 0.4) is 0 Å². The number of hydrogen-bond donors (Lipinski definition) is 1. The normalized spacial score (nSPS) is 16.5. The standard InChI is InChI=1S/C9H14BrN3/c1-6-9(10)8(13(2)12-6)5-11-7-3-4-7/h7,11H,3-5H2,1-2H3. The summed E-state index contributed by atoms with van der Waals surface area (Å²) < 4.78 is 3.08. The van der Waals surface area contributed by atoms with Gasteiger partial charge in [0.05, 0.1) is 15.9 Å². The van der Waals surface area contributed by atoms with E-state index in [2.05, 4.69) is 26.3 Å². The second kappa shape index (κ2) is 3.42. The number of nitrogens with one attached hydrogen (secondary N) is 1. The number of rotatable bonds is 3. The predicted molar refractivity (Wildman–Crippen MR) is 55.5 cm³/mol. The maximum Gasteiger partial charge on any atom is 0.0739 e. The van der Waals surface area contributed by atoms with Crippen molar-refractivity contribution in [2.24, 2.45) is 7.05 Å². The third-order valence-electron chi connectivity index (χ3n) is 2.40. The number of halogens is 1. The molecule has 1 aliphatic rings. The lowest BCUT2D eigenvalue weighted by atomic mass is 10.3. The molecular formula is C9H14BrN3. The molecular weight excluding hydrogens is 230 g/mol. The van der Waals surface area contributed by atoms with Crippen molar-refractivity contribution in [3.63, 3.8) is 0 Å². The fourth-order valence-corrected chi connectivity index (χ4v) is 1.88. The third-order valence-corrected chi connectivity index (χ3v) is 3.43. The van der Waals surface area contributed by atoms with Gasteiger partial charge in [-0.2, -0.15) is 5.10 Å². The molecule has 1 N–H and O–H groups in total. The minimum absolute atomic E-state index is 0.752. The molecule has 4 heteroatoms. The Hall–Kier alpha value is -0.350. The van der Waals surface area contributed by atoms with Crippen LogP contribution in [-0.2, 0) is 13.6 Å². The van der Waals surface area contributed by atoms with Crippen molar-refractivity contribution in [1.82, 2.24) is 15.1 Å². The van der Waals surface area contributed by atoms with Gasteiger partial charge in [0.1, 0.15) is 0 Å². The molecule has 0 atom stereocenters. The minimum Gasteiger partial charge on any atom is -0.308 e. The first kappa shape index (κ1) is 9.21. The first-order valence-corrected chi connectivity index (χ1v) is 5.39. The SMILES string of the molecule is Cc1nn(C)c(CNC2CC2)c1Br.